The molecular formula is C16H26O2. The van der Waals surface area contributed by atoms with Crippen LogP contribution >= 0.6 is 0 Å². The van der Waals surface area contributed by atoms with Gasteiger partial charge in [0.05, 0.1) is 25.4 Å². The molecule has 0 spiro atoms. The van der Waals surface area contributed by atoms with Crippen LogP contribution in [-0.2, 0) is 9.47 Å². The van der Waals surface area contributed by atoms with Crippen LogP contribution in [0.2, 0.25) is 0 Å². The Bertz CT molecular complexity index is 291. The van der Waals surface area contributed by atoms with Crippen molar-refractivity contribution >= 4 is 0 Å². The SMILES string of the molecule is C=CCOCC=CC1CC(=C)C(CCC(C)C)O1. The van der Waals surface area contributed by atoms with Crippen molar-refractivity contribution in [2.45, 2.75) is 45.3 Å². The Morgan fingerprint density at radius 3 is 2.89 bits per heavy atom. The summed E-state index contributed by atoms with van der Waals surface area (Å²) in [5.74, 6) is 0.725. The van der Waals surface area contributed by atoms with E-state index in [0.717, 1.165) is 18.8 Å². The molecule has 0 N–H and O–H groups in total. The van der Waals surface area contributed by atoms with Crippen LogP contribution in [0.3, 0.4) is 0 Å². The van der Waals surface area contributed by atoms with Gasteiger partial charge in [-0.05, 0) is 24.3 Å². The van der Waals surface area contributed by atoms with E-state index in [9.17, 15) is 0 Å². The first-order chi connectivity index (χ1) is 8.63. The van der Waals surface area contributed by atoms with Crippen LogP contribution in [0.1, 0.15) is 33.1 Å². The fourth-order valence-corrected chi connectivity index (χ4v) is 2.04. The molecule has 1 fully saturated rings. The molecule has 18 heavy (non-hydrogen) atoms. The topological polar surface area (TPSA) is 18.5 Å². The summed E-state index contributed by atoms with van der Waals surface area (Å²) in [6.45, 7) is 13.4. The molecule has 0 saturated carbocycles. The van der Waals surface area contributed by atoms with Crippen molar-refractivity contribution in [1.29, 1.82) is 0 Å². The van der Waals surface area contributed by atoms with E-state index in [4.69, 9.17) is 9.47 Å². The molecule has 2 heteroatoms. The molecule has 1 saturated heterocycles. The first-order valence-electron chi connectivity index (χ1n) is 6.82. The maximum absolute atomic E-state index is 5.97. The molecule has 2 nitrogen and oxygen atoms in total. The fourth-order valence-electron chi connectivity index (χ4n) is 2.04. The lowest BCUT2D eigenvalue weighted by Crippen LogP contribution is -2.11. The average Bonchev–Trinajstić information content (AvgIpc) is 2.67. The van der Waals surface area contributed by atoms with E-state index in [0.29, 0.717) is 13.2 Å². The minimum atomic E-state index is 0.182. The lowest BCUT2D eigenvalue weighted by atomic mass is 10.0. The molecule has 0 aromatic carbocycles. The van der Waals surface area contributed by atoms with Gasteiger partial charge in [0.1, 0.15) is 0 Å². The highest BCUT2D eigenvalue weighted by Crippen LogP contribution is 2.29. The molecule has 1 heterocycles. The minimum Gasteiger partial charge on any atom is -0.373 e. The molecule has 0 aromatic rings. The second-order valence-corrected chi connectivity index (χ2v) is 5.25. The molecule has 0 aliphatic carbocycles. The van der Waals surface area contributed by atoms with Gasteiger partial charge in [-0.3, -0.25) is 0 Å². The van der Waals surface area contributed by atoms with Gasteiger partial charge in [-0.15, -0.1) is 6.58 Å². The average molecular weight is 250 g/mol. The lowest BCUT2D eigenvalue weighted by Gasteiger charge is -2.13. The van der Waals surface area contributed by atoms with Gasteiger partial charge in [0, 0.05) is 6.42 Å². The maximum Gasteiger partial charge on any atom is 0.0802 e. The van der Waals surface area contributed by atoms with Crippen molar-refractivity contribution in [1.82, 2.24) is 0 Å². The normalized spacial score (nSPS) is 24.3. The summed E-state index contributed by atoms with van der Waals surface area (Å²) in [5, 5.41) is 0. The third-order valence-corrected chi connectivity index (χ3v) is 3.06. The summed E-state index contributed by atoms with van der Waals surface area (Å²) in [6, 6.07) is 0. The Kier molecular flexibility index (Phi) is 6.99. The van der Waals surface area contributed by atoms with Gasteiger partial charge in [-0.25, -0.2) is 0 Å². The lowest BCUT2D eigenvalue weighted by molar-refractivity contribution is 0.0714. The van der Waals surface area contributed by atoms with Gasteiger partial charge < -0.3 is 9.47 Å². The van der Waals surface area contributed by atoms with Crippen molar-refractivity contribution in [3.8, 4) is 0 Å². The first kappa shape index (κ1) is 15.2. The van der Waals surface area contributed by atoms with Crippen molar-refractivity contribution in [2.75, 3.05) is 13.2 Å². The zero-order chi connectivity index (χ0) is 13.4. The van der Waals surface area contributed by atoms with Crippen molar-refractivity contribution in [2.24, 2.45) is 5.92 Å². The molecule has 0 aromatic heterocycles. The Hall–Kier alpha value is -0.860. The van der Waals surface area contributed by atoms with Crippen LogP contribution in [0.25, 0.3) is 0 Å². The first-order valence-corrected chi connectivity index (χ1v) is 6.82. The second-order valence-electron chi connectivity index (χ2n) is 5.25. The predicted molar refractivity (Wildman–Crippen MR) is 76.6 cm³/mol. The number of ether oxygens (including phenoxy) is 2. The zero-order valence-electron chi connectivity index (χ0n) is 11.7. The van der Waals surface area contributed by atoms with E-state index in [1.54, 1.807) is 6.08 Å². The fraction of sp³-hybridized carbons (Fsp3) is 0.625. The highest BCUT2D eigenvalue weighted by Gasteiger charge is 2.26. The molecule has 2 atom stereocenters. The summed E-state index contributed by atoms with van der Waals surface area (Å²) < 4.78 is 11.3. The minimum absolute atomic E-state index is 0.182. The van der Waals surface area contributed by atoms with Gasteiger partial charge in [-0.2, -0.15) is 0 Å². The third kappa shape index (κ3) is 5.65. The van der Waals surface area contributed by atoms with Crippen molar-refractivity contribution in [3.63, 3.8) is 0 Å². The van der Waals surface area contributed by atoms with Gasteiger partial charge in [-0.1, -0.05) is 38.7 Å². The molecule has 0 amide bonds. The monoisotopic (exact) mass is 250 g/mol. The molecule has 1 aliphatic heterocycles. The van der Waals surface area contributed by atoms with Gasteiger partial charge >= 0.3 is 0 Å². The van der Waals surface area contributed by atoms with E-state index in [1.807, 2.05) is 6.08 Å². The summed E-state index contributed by atoms with van der Waals surface area (Å²) in [7, 11) is 0. The van der Waals surface area contributed by atoms with Gasteiger partial charge in [0.2, 0.25) is 0 Å². The molecule has 1 rings (SSSR count). The van der Waals surface area contributed by atoms with Crippen LogP contribution in [0.5, 0.6) is 0 Å². The van der Waals surface area contributed by atoms with Gasteiger partial charge in [0.25, 0.3) is 0 Å². The Labute approximate surface area is 111 Å². The predicted octanol–water partition coefficient (Wildman–Crippen LogP) is 3.90. The summed E-state index contributed by atoms with van der Waals surface area (Å²) in [6.07, 6.45) is 9.52. The Morgan fingerprint density at radius 1 is 1.44 bits per heavy atom. The number of hydrogen-bond donors (Lipinski definition) is 0. The van der Waals surface area contributed by atoms with E-state index >= 15 is 0 Å². The second kappa shape index (κ2) is 8.28. The quantitative estimate of drug-likeness (QED) is 0.480. The van der Waals surface area contributed by atoms with E-state index in [1.165, 1.54) is 12.0 Å². The number of hydrogen-bond acceptors (Lipinski definition) is 2. The van der Waals surface area contributed by atoms with Crippen molar-refractivity contribution in [3.05, 3.63) is 37.0 Å². The summed E-state index contributed by atoms with van der Waals surface area (Å²) >= 11 is 0. The van der Waals surface area contributed by atoms with E-state index in [2.05, 4.69) is 33.1 Å². The molecule has 0 radical (unpaired) electrons. The Balaban J connectivity index is 2.25. The van der Waals surface area contributed by atoms with Gasteiger partial charge in [0.15, 0.2) is 0 Å². The molecule has 0 bridgehead atoms. The van der Waals surface area contributed by atoms with Crippen LogP contribution in [0.15, 0.2) is 37.0 Å². The summed E-state index contributed by atoms with van der Waals surface area (Å²) in [5.41, 5.74) is 1.23. The summed E-state index contributed by atoms with van der Waals surface area (Å²) in [4.78, 5) is 0. The third-order valence-electron chi connectivity index (χ3n) is 3.06. The Morgan fingerprint density at radius 2 is 2.22 bits per heavy atom. The number of rotatable bonds is 8. The highest BCUT2D eigenvalue weighted by molar-refractivity contribution is 5.13. The molecule has 102 valence electrons. The van der Waals surface area contributed by atoms with Crippen LogP contribution < -0.4 is 0 Å². The molecular weight excluding hydrogens is 224 g/mol. The highest BCUT2D eigenvalue weighted by atomic mass is 16.5. The maximum atomic E-state index is 5.97. The van der Waals surface area contributed by atoms with Crippen LogP contribution in [0.4, 0.5) is 0 Å². The molecule has 1 aliphatic rings. The smallest absolute Gasteiger partial charge is 0.0802 e. The van der Waals surface area contributed by atoms with Crippen molar-refractivity contribution < 1.29 is 9.47 Å². The van der Waals surface area contributed by atoms with Crippen LogP contribution in [-0.4, -0.2) is 25.4 Å². The van der Waals surface area contributed by atoms with Crippen LogP contribution in [0, 0.1) is 5.92 Å². The molecule has 2 unspecified atom stereocenters. The zero-order valence-corrected chi connectivity index (χ0v) is 11.7. The van der Waals surface area contributed by atoms with E-state index < -0.39 is 0 Å². The standard InChI is InChI=1S/C16H26O2/c1-5-10-17-11-6-7-15-12-14(4)16(18-15)9-8-13(2)3/h5-7,13,15-16H,1,4,8-12H2,2-3H3. The largest absolute Gasteiger partial charge is 0.373 e. The van der Waals surface area contributed by atoms with E-state index in [-0.39, 0.29) is 12.2 Å².